The highest BCUT2D eigenvalue weighted by Gasteiger charge is 2.36. The van der Waals surface area contributed by atoms with E-state index in [0.717, 1.165) is 25.7 Å². The lowest BCUT2D eigenvalue weighted by Crippen LogP contribution is -2.19. The van der Waals surface area contributed by atoms with E-state index in [0.29, 0.717) is 5.56 Å². The van der Waals surface area contributed by atoms with Crippen molar-refractivity contribution in [3.63, 3.8) is 0 Å². The maximum Gasteiger partial charge on any atom is 0.235 e. The molecule has 1 fully saturated rings. The molecule has 1 aromatic rings. The molecule has 0 spiro atoms. The predicted molar refractivity (Wildman–Crippen MR) is 67.6 cm³/mol. The molecular formula is C14H14N2O3. The van der Waals surface area contributed by atoms with Gasteiger partial charge in [0.25, 0.3) is 0 Å². The van der Waals surface area contributed by atoms with E-state index in [-0.39, 0.29) is 17.1 Å². The number of rotatable bonds is 3. The summed E-state index contributed by atoms with van der Waals surface area (Å²) in [6.45, 7) is 0. The number of ether oxygens (including phenoxy) is 1. The third-order valence-electron chi connectivity index (χ3n) is 3.62. The Morgan fingerprint density at radius 1 is 1.42 bits per heavy atom. The van der Waals surface area contributed by atoms with Crippen molar-refractivity contribution in [1.29, 1.82) is 5.26 Å². The molecule has 5 heteroatoms. The van der Waals surface area contributed by atoms with Gasteiger partial charge in [-0.1, -0.05) is 12.8 Å². The van der Waals surface area contributed by atoms with Crippen LogP contribution < -0.4 is 4.74 Å². The van der Waals surface area contributed by atoms with E-state index in [1.807, 2.05) is 6.07 Å². The molecule has 0 radical (unpaired) electrons. The quantitative estimate of drug-likeness (QED) is 0.666. The summed E-state index contributed by atoms with van der Waals surface area (Å²) >= 11 is 0. The summed E-state index contributed by atoms with van der Waals surface area (Å²) in [6.07, 6.45) is 4.97. The average Bonchev–Trinajstić information content (AvgIpc) is 2.88. The molecule has 98 valence electrons. The van der Waals surface area contributed by atoms with Crippen LogP contribution in [-0.4, -0.2) is 18.3 Å². The smallest absolute Gasteiger partial charge is 0.235 e. The maximum absolute atomic E-state index is 10.7. The van der Waals surface area contributed by atoms with Crippen molar-refractivity contribution < 1.29 is 14.6 Å². The topological polar surface area (TPSA) is 82.7 Å². The summed E-state index contributed by atoms with van der Waals surface area (Å²) in [5.41, 5.74) is 0.255. The third kappa shape index (κ3) is 2.18. The second-order valence-corrected chi connectivity index (χ2v) is 4.63. The van der Waals surface area contributed by atoms with Gasteiger partial charge in [-0.2, -0.15) is 10.3 Å². The fourth-order valence-corrected chi connectivity index (χ4v) is 2.69. The zero-order valence-corrected chi connectivity index (χ0v) is 10.6. The number of isocyanates is 1. The van der Waals surface area contributed by atoms with Crippen molar-refractivity contribution in [2.24, 2.45) is 4.99 Å². The number of aliphatic imine (C=N–C) groups is 1. The molecule has 0 aromatic heterocycles. The van der Waals surface area contributed by atoms with Gasteiger partial charge in [0.05, 0.1) is 18.2 Å². The van der Waals surface area contributed by atoms with Gasteiger partial charge in [0.2, 0.25) is 6.08 Å². The summed E-state index contributed by atoms with van der Waals surface area (Å²) in [7, 11) is 1.39. The highest BCUT2D eigenvalue weighted by atomic mass is 16.5. The van der Waals surface area contributed by atoms with Gasteiger partial charge in [-0.3, -0.25) is 0 Å². The van der Waals surface area contributed by atoms with Gasteiger partial charge in [-0.15, -0.1) is 0 Å². The molecule has 0 bridgehead atoms. The number of aromatic hydroxyl groups is 1. The van der Waals surface area contributed by atoms with Gasteiger partial charge in [-0.25, -0.2) is 4.79 Å². The van der Waals surface area contributed by atoms with E-state index in [1.165, 1.54) is 13.2 Å². The van der Waals surface area contributed by atoms with Crippen molar-refractivity contribution in [2.75, 3.05) is 7.11 Å². The second-order valence-electron chi connectivity index (χ2n) is 4.63. The largest absolute Gasteiger partial charge is 0.504 e. The van der Waals surface area contributed by atoms with Gasteiger partial charge in [0.15, 0.2) is 11.5 Å². The van der Waals surface area contributed by atoms with Gasteiger partial charge < -0.3 is 9.84 Å². The van der Waals surface area contributed by atoms with Crippen LogP contribution in [0.2, 0.25) is 0 Å². The Labute approximate surface area is 111 Å². The predicted octanol–water partition coefficient (Wildman–Crippen LogP) is 2.38. The molecule has 1 aliphatic carbocycles. The first-order chi connectivity index (χ1) is 9.16. The minimum Gasteiger partial charge on any atom is -0.504 e. The van der Waals surface area contributed by atoms with E-state index in [9.17, 15) is 9.90 Å². The maximum atomic E-state index is 10.7. The van der Waals surface area contributed by atoms with Crippen LogP contribution in [0, 0.1) is 11.3 Å². The molecule has 0 heterocycles. The monoisotopic (exact) mass is 258 g/mol. The normalized spacial score (nSPS) is 16.4. The molecule has 0 amide bonds. The summed E-state index contributed by atoms with van der Waals surface area (Å²) in [5, 5.41) is 19.0. The van der Waals surface area contributed by atoms with E-state index < -0.39 is 5.54 Å². The minimum atomic E-state index is -0.656. The lowest BCUT2D eigenvalue weighted by Gasteiger charge is -2.23. The van der Waals surface area contributed by atoms with Gasteiger partial charge in [0.1, 0.15) is 6.07 Å². The molecule has 0 saturated heterocycles. The SMILES string of the molecule is COc1c(O)cc(C2(N=C=O)CCCC2)cc1C#N. The van der Waals surface area contributed by atoms with Crippen LogP contribution in [0.4, 0.5) is 0 Å². The standard InChI is InChI=1S/C14H14N2O3/c1-19-13-10(8-15)6-11(7-12(13)18)14(16-9-17)4-2-3-5-14/h6-7,18H,2-5H2,1H3. The zero-order chi connectivity index (χ0) is 13.9. The lowest BCUT2D eigenvalue weighted by atomic mass is 9.87. The number of hydrogen-bond donors (Lipinski definition) is 1. The van der Waals surface area contributed by atoms with Crippen LogP contribution in [0.25, 0.3) is 0 Å². The molecular weight excluding hydrogens is 244 g/mol. The van der Waals surface area contributed by atoms with Crippen LogP contribution in [0.1, 0.15) is 36.8 Å². The molecule has 1 aromatic carbocycles. The molecule has 0 atom stereocenters. The molecule has 0 unspecified atom stereocenters. The summed E-state index contributed by atoms with van der Waals surface area (Å²) in [6, 6.07) is 5.13. The highest BCUT2D eigenvalue weighted by Crippen LogP contribution is 2.45. The molecule has 1 saturated carbocycles. The van der Waals surface area contributed by atoms with Gasteiger partial charge >= 0.3 is 0 Å². The Balaban J connectivity index is 2.60. The Bertz CT molecular complexity index is 577. The fourth-order valence-electron chi connectivity index (χ4n) is 2.69. The number of hydrogen-bond acceptors (Lipinski definition) is 5. The van der Waals surface area contributed by atoms with Crippen LogP contribution in [-0.2, 0) is 10.3 Å². The van der Waals surface area contributed by atoms with Crippen LogP contribution >= 0.6 is 0 Å². The number of carbonyl (C=O) groups excluding carboxylic acids is 1. The summed E-state index contributed by atoms with van der Waals surface area (Å²) in [4.78, 5) is 14.6. The first-order valence-corrected chi connectivity index (χ1v) is 6.07. The van der Waals surface area contributed by atoms with E-state index in [1.54, 1.807) is 12.1 Å². The first-order valence-electron chi connectivity index (χ1n) is 6.07. The number of methoxy groups -OCH3 is 1. The number of nitrogens with zero attached hydrogens (tertiary/aromatic N) is 2. The summed E-state index contributed by atoms with van der Waals surface area (Å²) in [5.74, 6) is 0.0402. The van der Waals surface area contributed by atoms with E-state index in [2.05, 4.69) is 4.99 Å². The van der Waals surface area contributed by atoms with Crippen LogP contribution in [0.3, 0.4) is 0 Å². The van der Waals surface area contributed by atoms with Crippen LogP contribution in [0.5, 0.6) is 11.5 Å². The van der Waals surface area contributed by atoms with Gasteiger partial charge in [-0.05, 0) is 30.5 Å². The average molecular weight is 258 g/mol. The molecule has 5 nitrogen and oxygen atoms in total. The van der Waals surface area contributed by atoms with Crippen molar-refractivity contribution in [3.8, 4) is 17.6 Å². The Hall–Kier alpha value is -2.31. The molecule has 2 rings (SSSR count). The minimum absolute atomic E-state index is 0.107. The third-order valence-corrected chi connectivity index (χ3v) is 3.62. The first kappa shape index (κ1) is 13.1. The molecule has 0 aliphatic heterocycles. The van der Waals surface area contributed by atoms with Crippen molar-refractivity contribution in [1.82, 2.24) is 0 Å². The van der Waals surface area contributed by atoms with Gasteiger partial charge in [0, 0.05) is 0 Å². The fraction of sp³-hybridized carbons (Fsp3) is 0.429. The summed E-state index contributed by atoms with van der Waals surface area (Å²) < 4.78 is 5.00. The Kier molecular flexibility index (Phi) is 3.55. The Morgan fingerprint density at radius 2 is 2.11 bits per heavy atom. The van der Waals surface area contributed by atoms with E-state index in [4.69, 9.17) is 10.00 Å². The Morgan fingerprint density at radius 3 is 2.63 bits per heavy atom. The van der Waals surface area contributed by atoms with Crippen molar-refractivity contribution >= 4 is 6.08 Å². The van der Waals surface area contributed by atoms with Crippen LogP contribution in [0.15, 0.2) is 17.1 Å². The zero-order valence-electron chi connectivity index (χ0n) is 10.6. The molecule has 19 heavy (non-hydrogen) atoms. The number of phenols is 1. The molecule has 1 N–H and O–H groups in total. The second kappa shape index (κ2) is 5.13. The van der Waals surface area contributed by atoms with E-state index >= 15 is 0 Å². The molecule has 1 aliphatic rings. The van der Waals surface area contributed by atoms with Crippen molar-refractivity contribution in [3.05, 3.63) is 23.3 Å². The number of benzene rings is 1. The lowest BCUT2D eigenvalue weighted by molar-refractivity contribution is 0.369. The number of phenolic OH excluding ortho intramolecular Hbond substituents is 1. The number of nitriles is 1. The van der Waals surface area contributed by atoms with Crippen molar-refractivity contribution in [2.45, 2.75) is 31.2 Å². The highest BCUT2D eigenvalue weighted by molar-refractivity contribution is 5.56.